The van der Waals surface area contributed by atoms with Gasteiger partial charge in [-0.3, -0.25) is 0 Å². The van der Waals surface area contributed by atoms with E-state index in [0.717, 1.165) is 24.8 Å². The Morgan fingerprint density at radius 2 is 1.19 bits per heavy atom. The summed E-state index contributed by atoms with van der Waals surface area (Å²) >= 11 is 0. The second-order valence-corrected chi connectivity index (χ2v) is 22.8. The van der Waals surface area contributed by atoms with Gasteiger partial charge in [-0.2, -0.15) is 0 Å². The monoisotopic (exact) mass is 546 g/mol. The van der Waals surface area contributed by atoms with E-state index in [4.69, 9.17) is 13.6 Å². The molecule has 0 radical (unpaired) electrons. The molecule has 0 bridgehead atoms. The van der Waals surface area contributed by atoms with E-state index in [1.165, 1.54) is 5.56 Å². The smallest absolute Gasteiger partial charge is 0.192 e. The van der Waals surface area contributed by atoms with E-state index in [1.807, 2.05) is 30.3 Å². The second-order valence-electron chi connectivity index (χ2n) is 13.2. The molecule has 2 aromatic carbocycles. The zero-order valence-electron chi connectivity index (χ0n) is 25.1. The molecule has 0 saturated heterocycles. The maximum atomic E-state index is 15.8. The molecule has 0 aliphatic heterocycles. The van der Waals surface area contributed by atoms with Crippen molar-refractivity contribution in [2.24, 2.45) is 0 Å². The molecule has 0 unspecified atom stereocenters. The molecule has 0 fully saturated rings. The summed E-state index contributed by atoms with van der Waals surface area (Å²) in [7, 11) is -3.68. The van der Waals surface area contributed by atoms with Crippen molar-refractivity contribution in [2.75, 3.05) is 19.8 Å². The van der Waals surface area contributed by atoms with Crippen molar-refractivity contribution in [3.63, 3.8) is 0 Å². The van der Waals surface area contributed by atoms with Crippen LogP contribution in [0.4, 0.5) is 4.39 Å². The quantitative estimate of drug-likeness (QED) is 0.185. The highest BCUT2D eigenvalue weighted by Gasteiger charge is 2.37. The van der Waals surface area contributed by atoms with Gasteiger partial charge < -0.3 is 13.6 Å². The van der Waals surface area contributed by atoms with E-state index < -0.39 is 16.6 Å². The Labute approximate surface area is 228 Å². The molecule has 2 aromatic rings. The van der Waals surface area contributed by atoms with Gasteiger partial charge in [0.1, 0.15) is 6.61 Å². The molecule has 0 spiro atoms. The SMILES string of the molecule is CC(C)(C)[Si](C)(C)OCCCc1ccc(CCc2ccccc2)c(OCCO[Si](C)(C)C(C)(C)C)c1F. The van der Waals surface area contributed by atoms with E-state index in [1.54, 1.807) is 0 Å². The molecule has 37 heavy (non-hydrogen) atoms. The van der Waals surface area contributed by atoms with Crippen molar-refractivity contribution in [1.29, 1.82) is 0 Å². The fourth-order valence-electron chi connectivity index (χ4n) is 3.57. The normalized spacial score (nSPS) is 13.2. The first-order valence-corrected chi connectivity index (χ1v) is 19.6. The average Bonchev–Trinajstić information content (AvgIpc) is 2.79. The van der Waals surface area contributed by atoms with Crippen LogP contribution >= 0.6 is 0 Å². The topological polar surface area (TPSA) is 27.7 Å². The maximum Gasteiger partial charge on any atom is 0.192 e. The van der Waals surface area contributed by atoms with Crippen LogP contribution in [-0.4, -0.2) is 36.5 Å². The minimum absolute atomic E-state index is 0.130. The molecule has 3 nitrogen and oxygen atoms in total. The van der Waals surface area contributed by atoms with Crippen LogP contribution in [0.2, 0.25) is 36.3 Å². The van der Waals surface area contributed by atoms with Crippen LogP contribution in [0.25, 0.3) is 0 Å². The van der Waals surface area contributed by atoms with Crippen molar-refractivity contribution in [3.8, 4) is 5.75 Å². The zero-order chi connectivity index (χ0) is 27.9. The van der Waals surface area contributed by atoms with E-state index in [-0.39, 0.29) is 15.9 Å². The molecule has 6 heteroatoms. The lowest BCUT2D eigenvalue weighted by Gasteiger charge is -2.36. The summed E-state index contributed by atoms with van der Waals surface area (Å²) in [5.74, 6) is 0.155. The highest BCUT2D eigenvalue weighted by Crippen LogP contribution is 2.37. The number of halogens is 1. The Hall–Kier alpha value is -1.48. The molecular weight excluding hydrogens is 496 g/mol. The molecule has 0 heterocycles. The van der Waals surface area contributed by atoms with Crippen LogP contribution < -0.4 is 4.74 Å². The van der Waals surface area contributed by atoms with Gasteiger partial charge in [0.25, 0.3) is 0 Å². The summed E-state index contributed by atoms with van der Waals surface area (Å²) in [4.78, 5) is 0. The summed E-state index contributed by atoms with van der Waals surface area (Å²) in [5, 5.41) is 0.303. The van der Waals surface area contributed by atoms with Gasteiger partial charge in [0.15, 0.2) is 28.2 Å². The van der Waals surface area contributed by atoms with Gasteiger partial charge in [0.2, 0.25) is 0 Å². The Morgan fingerprint density at radius 3 is 1.76 bits per heavy atom. The minimum Gasteiger partial charge on any atom is -0.488 e. The molecule has 0 amide bonds. The number of rotatable bonds is 13. The van der Waals surface area contributed by atoms with Crippen molar-refractivity contribution >= 4 is 16.6 Å². The summed E-state index contributed by atoms with van der Waals surface area (Å²) in [6.45, 7) is 23.8. The Kier molecular flexibility index (Phi) is 11.2. The van der Waals surface area contributed by atoms with Crippen molar-refractivity contribution in [1.82, 2.24) is 0 Å². The van der Waals surface area contributed by atoms with E-state index >= 15 is 4.39 Å². The van der Waals surface area contributed by atoms with Crippen LogP contribution in [-0.2, 0) is 28.1 Å². The average molecular weight is 547 g/mol. The van der Waals surface area contributed by atoms with Crippen molar-refractivity contribution < 1.29 is 18.0 Å². The third-order valence-corrected chi connectivity index (χ3v) is 17.3. The first-order valence-electron chi connectivity index (χ1n) is 13.8. The first-order chi connectivity index (χ1) is 17.1. The van der Waals surface area contributed by atoms with Crippen molar-refractivity contribution in [2.45, 2.75) is 103 Å². The number of hydrogen-bond acceptors (Lipinski definition) is 3. The lowest BCUT2D eigenvalue weighted by atomic mass is 10.00. The van der Waals surface area contributed by atoms with E-state index in [9.17, 15) is 0 Å². The van der Waals surface area contributed by atoms with Gasteiger partial charge in [0.05, 0.1) is 6.61 Å². The van der Waals surface area contributed by atoms with Crippen LogP contribution in [0.5, 0.6) is 5.75 Å². The van der Waals surface area contributed by atoms with Crippen LogP contribution in [0.15, 0.2) is 42.5 Å². The van der Waals surface area contributed by atoms with Gasteiger partial charge in [-0.05, 0) is 78.6 Å². The number of hydrogen-bond donors (Lipinski definition) is 0. The molecule has 0 N–H and O–H groups in total. The summed E-state index contributed by atoms with van der Waals surface area (Å²) in [5.41, 5.74) is 2.85. The van der Waals surface area contributed by atoms with Crippen molar-refractivity contribution in [3.05, 3.63) is 65.0 Å². The Balaban J connectivity index is 2.10. The largest absolute Gasteiger partial charge is 0.488 e. The molecule has 0 aliphatic rings. The molecular formula is C31H51FO3Si2. The third-order valence-electron chi connectivity index (χ3n) is 8.24. The molecule has 0 atom stereocenters. The first kappa shape index (κ1) is 31.7. The van der Waals surface area contributed by atoms with Gasteiger partial charge in [-0.1, -0.05) is 84.0 Å². The number of benzene rings is 2. The van der Waals surface area contributed by atoms with Gasteiger partial charge in [-0.15, -0.1) is 0 Å². The lowest BCUT2D eigenvalue weighted by molar-refractivity contribution is 0.197. The summed E-state index contributed by atoms with van der Waals surface area (Å²) in [6.07, 6.45) is 3.00. The Bertz CT molecular complexity index is 976. The second kappa shape index (κ2) is 13.1. The molecule has 0 aliphatic carbocycles. The third kappa shape index (κ3) is 9.34. The van der Waals surface area contributed by atoms with Gasteiger partial charge in [-0.25, -0.2) is 4.39 Å². The highest BCUT2D eigenvalue weighted by atomic mass is 28.4. The van der Waals surface area contributed by atoms with Crippen LogP contribution in [0, 0.1) is 5.82 Å². The number of ether oxygens (including phenoxy) is 1. The summed E-state index contributed by atoms with van der Waals surface area (Å²) < 4.78 is 34.5. The van der Waals surface area contributed by atoms with Gasteiger partial charge in [0, 0.05) is 6.61 Å². The van der Waals surface area contributed by atoms with E-state index in [2.05, 4.69) is 79.9 Å². The predicted octanol–water partition coefficient (Wildman–Crippen LogP) is 8.97. The summed E-state index contributed by atoms with van der Waals surface area (Å²) in [6, 6.07) is 14.3. The molecule has 2 rings (SSSR count). The Morgan fingerprint density at radius 1 is 0.649 bits per heavy atom. The maximum absolute atomic E-state index is 15.8. The van der Waals surface area contributed by atoms with E-state index in [0.29, 0.717) is 37.6 Å². The fourth-order valence-corrected chi connectivity index (χ4v) is 5.68. The molecule has 0 saturated carbocycles. The standard InChI is InChI=1S/C31H51FO3Si2/c1-30(2,3)36(7,8)34-22-14-17-26-20-21-27(19-18-25-15-12-11-13-16-25)29(28(26)32)33-23-24-35-37(9,10)31(4,5)6/h11-13,15-16,20-21H,14,17-19,22-24H2,1-10H3. The molecule has 0 aromatic heterocycles. The number of aryl methyl sites for hydroxylation is 3. The van der Waals surface area contributed by atoms with Gasteiger partial charge >= 0.3 is 0 Å². The lowest BCUT2D eigenvalue weighted by Crippen LogP contribution is -2.41. The minimum atomic E-state index is -1.88. The zero-order valence-corrected chi connectivity index (χ0v) is 27.1. The van der Waals surface area contributed by atoms with Crippen LogP contribution in [0.1, 0.15) is 64.7 Å². The molecule has 208 valence electrons. The highest BCUT2D eigenvalue weighted by molar-refractivity contribution is 6.74. The fraction of sp³-hybridized carbons (Fsp3) is 0.613. The predicted molar refractivity (Wildman–Crippen MR) is 160 cm³/mol. The van der Waals surface area contributed by atoms with Crippen LogP contribution in [0.3, 0.4) is 0 Å².